The van der Waals surface area contributed by atoms with Crippen molar-refractivity contribution in [3.63, 3.8) is 0 Å². The van der Waals surface area contributed by atoms with Gasteiger partial charge in [0.25, 0.3) is 5.91 Å². The zero-order chi connectivity index (χ0) is 13.1. The van der Waals surface area contributed by atoms with Gasteiger partial charge in [0.05, 0.1) is 11.7 Å². The van der Waals surface area contributed by atoms with Crippen LogP contribution >= 0.6 is 0 Å². The summed E-state index contributed by atoms with van der Waals surface area (Å²) in [5.41, 5.74) is 6.89. The Hall–Kier alpha value is -1.55. The van der Waals surface area contributed by atoms with Crippen molar-refractivity contribution in [3.05, 3.63) is 29.3 Å². The van der Waals surface area contributed by atoms with E-state index in [-0.39, 0.29) is 6.10 Å². The predicted octanol–water partition coefficient (Wildman–Crippen LogP) is 1.47. The summed E-state index contributed by atoms with van der Waals surface area (Å²) in [6.45, 7) is 3.00. The van der Waals surface area contributed by atoms with Crippen molar-refractivity contribution in [2.75, 3.05) is 13.6 Å². The second kappa shape index (κ2) is 5.40. The number of hydrogen-bond donors (Lipinski definition) is 2. The van der Waals surface area contributed by atoms with Crippen molar-refractivity contribution in [2.45, 2.75) is 25.9 Å². The number of ether oxygens (including phenoxy) is 1. The molecule has 1 amide bonds. The van der Waals surface area contributed by atoms with Crippen molar-refractivity contribution in [1.82, 2.24) is 5.32 Å². The highest BCUT2D eigenvalue weighted by molar-refractivity contribution is 5.95. The number of carbonyl (C=O) groups excluding carboxylic acids is 1. The highest BCUT2D eigenvalue weighted by Gasteiger charge is 2.30. The van der Waals surface area contributed by atoms with E-state index in [0.29, 0.717) is 17.2 Å². The van der Waals surface area contributed by atoms with E-state index in [4.69, 9.17) is 10.5 Å². The lowest BCUT2D eigenvalue weighted by Gasteiger charge is -2.35. The molecule has 3 N–H and O–H groups in total. The summed E-state index contributed by atoms with van der Waals surface area (Å²) in [7, 11) is 1.96. The smallest absolute Gasteiger partial charge is 0.252 e. The van der Waals surface area contributed by atoms with E-state index in [1.807, 2.05) is 26.1 Å². The van der Waals surface area contributed by atoms with Crippen molar-refractivity contribution < 1.29 is 9.53 Å². The molecular weight excluding hydrogens is 228 g/mol. The number of benzene rings is 1. The molecule has 2 rings (SSSR count). The standard InChI is InChI=1S/C14H20N2O2/c1-9-3-4-12(14(15)17)13(5-9)18-11-6-10(7-11)8-16-2/h3-5,10-11,16H,6-8H2,1-2H3,(H2,15,17). The molecule has 18 heavy (non-hydrogen) atoms. The monoisotopic (exact) mass is 248 g/mol. The molecule has 1 fully saturated rings. The van der Waals surface area contributed by atoms with Gasteiger partial charge in [0, 0.05) is 0 Å². The summed E-state index contributed by atoms with van der Waals surface area (Å²) in [6.07, 6.45) is 2.28. The first kappa shape index (κ1) is 12.9. The van der Waals surface area contributed by atoms with E-state index < -0.39 is 5.91 Å². The van der Waals surface area contributed by atoms with Crippen LogP contribution in [0.1, 0.15) is 28.8 Å². The molecule has 0 bridgehead atoms. The number of amides is 1. The molecule has 0 aromatic heterocycles. The zero-order valence-corrected chi connectivity index (χ0v) is 10.9. The first-order valence-electron chi connectivity index (χ1n) is 6.32. The molecule has 0 heterocycles. The molecule has 4 nitrogen and oxygen atoms in total. The molecule has 1 aliphatic carbocycles. The third-order valence-electron chi connectivity index (χ3n) is 3.38. The lowest BCUT2D eigenvalue weighted by molar-refractivity contribution is 0.0642. The van der Waals surface area contributed by atoms with E-state index in [9.17, 15) is 4.79 Å². The highest BCUT2D eigenvalue weighted by atomic mass is 16.5. The van der Waals surface area contributed by atoms with Gasteiger partial charge in [-0.15, -0.1) is 0 Å². The fourth-order valence-corrected chi connectivity index (χ4v) is 2.34. The normalized spacial score (nSPS) is 22.3. The number of primary amides is 1. The molecule has 0 spiro atoms. The van der Waals surface area contributed by atoms with Crippen LogP contribution in [0.5, 0.6) is 5.75 Å². The maximum Gasteiger partial charge on any atom is 0.252 e. The van der Waals surface area contributed by atoms with Gasteiger partial charge in [-0.05, 0) is 57.0 Å². The molecule has 0 unspecified atom stereocenters. The van der Waals surface area contributed by atoms with Gasteiger partial charge in [0.15, 0.2) is 0 Å². The third-order valence-corrected chi connectivity index (χ3v) is 3.38. The van der Waals surface area contributed by atoms with Crippen LogP contribution in [0.2, 0.25) is 0 Å². The van der Waals surface area contributed by atoms with Crippen LogP contribution in [-0.2, 0) is 0 Å². The molecule has 4 heteroatoms. The summed E-state index contributed by atoms with van der Waals surface area (Å²) in [6, 6.07) is 5.49. The SMILES string of the molecule is CNCC1CC(Oc2cc(C)ccc2C(N)=O)C1. The zero-order valence-electron chi connectivity index (χ0n) is 10.9. The Bertz CT molecular complexity index is 439. The first-order valence-corrected chi connectivity index (χ1v) is 6.32. The first-order chi connectivity index (χ1) is 8.60. The van der Waals surface area contributed by atoms with Gasteiger partial charge in [-0.25, -0.2) is 0 Å². The molecule has 1 aromatic carbocycles. The van der Waals surface area contributed by atoms with E-state index >= 15 is 0 Å². The number of carbonyl (C=O) groups is 1. The van der Waals surface area contributed by atoms with Crippen LogP contribution in [0.4, 0.5) is 0 Å². The summed E-state index contributed by atoms with van der Waals surface area (Å²) < 4.78 is 5.87. The Kier molecular flexibility index (Phi) is 3.87. The van der Waals surface area contributed by atoms with Gasteiger partial charge in [0.2, 0.25) is 0 Å². The molecule has 1 aliphatic rings. The second-order valence-corrected chi connectivity index (χ2v) is 5.00. The highest BCUT2D eigenvalue weighted by Crippen LogP contribution is 2.32. The van der Waals surface area contributed by atoms with Gasteiger partial charge in [-0.3, -0.25) is 4.79 Å². The average molecular weight is 248 g/mol. The van der Waals surface area contributed by atoms with E-state index in [1.165, 1.54) is 0 Å². The number of nitrogens with one attached hydrogen (secondary N) is 1. The number of rotatable bonds is 5. The van der Waals surface area contributed by atoms with Crippen LogP contribution in [0, 0.1) is 12.8 Å². The Morgan fingerprint density at radius 1 is 1.50 bits per heavy atom. The molecular formula is C14H20N2O2. The molecule has 98 valence electrons. The van der Waals surface area contributed by atoms with Crippen LogP contribution in [0.25, 0.3) is 0 Å². The predicted molar refractivity (Wildman–Crippen MR) is 70.8 cm³/mol. The average Bonchev–Trinajstić information content (AvgIpc) is 2.26. The molecule has 0 aliphatic heterocycles. The molecule has 0 saturated heterocycles. The maximum atomic E-state index is 11.3. The lowest BCUT2D eigenvalue weighted by atomic mass is 9.82. The van der Waals surface area contributed by atoms with Crippen molar-refractivity contribution in [3.8, 4) is 5.75 Å². The minimum absolute atomic E-state index is 0.211. The van der Waals surface area contributed by atoms with Gasteiger partial charge >= 0.3 is 0 Å². The minimum atomic E-state index is -0.434. The van der Waals surface area contributed by atoms with Gasteiger partial charge in [-0.2, -0.15) is 0 Å². The van der Waals surface area contributed by atoms with Crippen molar-refractivity contribution in [1.29, 1.82) is 0 Å². The van der Waals surface area contributed by atoms with Gasteiger partial charge < -0.3 is 15.8 Å². The summed E-state index contributed by atoms with van der Waals surface area (Å²) >= 11 is 0. The third kappa shape index (κ3) is 2.82. The molecule has 1 saturated carbocycles. The van der Waals surface area contributed by atoms with Gasteiger partial charge in [0.1, 0.15) is 5.75 Å². The number of aryl methyl sites for hydroxylation is 1. The van der Waals surface area contributed by atoms with Crippen molar-refractivity contribution >= 4 is 5.91 Å². The minimum Gasteiger partial charge on any atom is -0.490 e. The Morgan fingerprint density at radius 2 is 2.22 bits per heavy atom. The molecule has 1 aromatic rings. The topological polar surface area (TPSA) is 64.3 Å². The summed E-state index contributed by atoms with van der Waals surface area (Å²) in [5.74, 6) is 0.869. The maximum absolute atomic E-state index is 11.3. The fourth-order valence-electron chi connectivity index (χ4n) is 2.34. The summed E-state index contributed by atoms with van der Waals surface area (Å²) in [4.78, 5) is 11.3. The largest absolute Gasteiger partial charge is 0.490 e. The summed E-state index contributed by atoms with van der Waals surface area (Å²) in [5, 5.41) is 3.16. The Labute approximate surface area is 108 Å². The van der Waals surface area contributed by atoms with E-state index in [2.05, 4.69) is 5.32 Å². The van der Waals surface area contributed by atoms with E-state index in [0.717, 1.165) is 24.9 Å². The number of hydrogen-bond acceptors (Lipinski definition) is 3. The second-order valence-electron chi connectivity index (χ2n) is 5.00. The van der Waals surface area contributed by atoms with Crippen LogP contribution in [0.15, 0.2) is 18.2 Å². The fraction of sp³-hybridized carbons (Fsp3) is 0.500. The van der Waals surface area contributed by atoms with Crippen molar-refractivity contribution in [2.24, 2.45) is 11.7 Å². The quantitative estimate of drug-likeness (QED) is 0.829. The molecule has 0 radical (unpaired) electrons. The molecule has 0 atom stereocenters. The van der Waals surface area contributed by atoms with Crippen LogP contribution in [-0.4, -0.2) is 25.6 Å². The lowest BCUT2D eigenvalue weighted by Crippen LogP contribution is -2.39. The van der Waals surface area contributed by atoms with Crippen LogP contribution in [0.3, 0.4) is 0 Å². The van der Waals surface area contributed by atoms with Crippen LogP contribution < -0.4 is 15.8 Å². The number of nitrogens with two attached hydrogens (primary N) is 1. The Balaban J connectivity index is 2.01. The van der Waals surface area contributed by atoms with Gasteiger partial charge in [-0.1, -0.05) is 6.07 Å². The van der Waals surface area contributed by atoms with E-state index in [1.54, 1.807) is 6.07 Å². The Morgan fingerprint density at radius 3 is 2.83 bits per heavy atom.